The lowest BCUT2D eigenvalue weighted by Gasteiger charge is -2.06. The highest BCUT2D eigenvalue weighted by atomic mass is 32.1. The molecule has 0 saturated carbocycles. The first-order chi connectivity index (χ1) is 11.5. The van der Waals surface area contributed by atoms with Crippen LogP contribution in [0.4, 0.5) is 0 Å². The minimum atomic E-state index is -0.556. The number of hydrogen-bond acceptors (Lipinski definition) is 6. The van der Waals surface area contributed by atoms with Crippen LogP contribution in [0.3, 0.4) is 0 Å². The lowest BCUT2D eigenvalue weighted by atomic mass is 10.1. The summed E-state index contributed by atoms with van der Waals surface area (Å²) in [6.07, 6.45) is 0.865. The fourth-order valence-corrected chi connectivity index (χ4v) is 3.53. The highest BCUT2D eigenvalue weighted by Gasteiger charge is 2.14. The minimum absolute atomic E-state index is 0.000880. The van der Waals surface area contributed by atoms with Crippen molar-refractivity contribution in [2.24, 2.45) is 0 Å². The van der Waals surface area contributed by atoms with E-state index in [2.05, 4.69) is 0 Å². The zero-order valence-electron chi connectivity index (χ0n) is 13.3. The Kier molecular flexibility index (Phi) is 4.40. The first-order valence-corrected chi connectivity index (χ1v) is 8.31. The fraction of sp³-hybridized carbons (Fsp3) is 0.222. The Morgan fingerprint density at radius 3 is 2.75 bits per heavy atom. The first-order valence-electron chi connectivity index (χ1n) is 7.50. The number of fused-ring (bicyclic) bond motifs is 1. The summed E-state index contributed by atoms with van der Waals surface area (Å²) in [5, 5.41) is 10.1. The summed E-state index contributed by atoms with van der Waals surface area (Å²) < 4.78 is 10.4. The van der Waals surface area contributed by atoms with Crippen LogP contribution in [0.2, 0.25) is 0 Å². The summed E-state index contributed by atoms with van der Waals surface area (Å²) in [5.74, 6) is -0.413. The molecule has 5 nitrogen and oxygen atoms in total. The van der Waals surface area contributed by atoms with Gasteiger partial charge in [0.15, 0.2) is 0 Å². The molecule has 0 saturated heterocycles. The van der Waals surface area contributed by atoms with E-state index < -0.39 is 11.6 Å². The highest BCUT2D eigenvalue weighted by molar-refractivity contribution is 7.14. The van der Waals surface area contributed by atoms with E-state index in [-0.39, 0.29) is 17.9 Å². The molecule has 3 rings (SSSR count). The third kappa shape index (κ3) is 3.19. The van der Waals surface area contributed by atoms with Gasteiger partial charge in [0, 0.05) is 28.0 Å². The van der Waals surface area contributed by atoms with Gasteiger partial charge in [-0.2, -0.15) is 0 Å². The molecule has 0 amide bonds. The summed E-state index contributed by atoms with van der Waals surface area (Å²) in [5.41, 5.74) is 1.37. The van der Waals surface area contributed by atoms with Gasteiger partial charge in [0.1, 0.15) is 22.8 Å². The molecule has 0 spiro atoms. The van der Waals surface area contributed by atoms with Gasteiger partial charge in [-0.15, -0.1) is 11.3 Å². The summed E-state index contributed by atoms with van der Waals surface area (Å²) >= 11 is 1.40. The predicted molar refractivity (Wildman–Crippen MR) is 91.7 cm³/mol. The molecule has 6 heteroatoms. The quantitative estimate of drug-likeness (QED) is 0.575. The second-order valence-electron chi connectivity index (χ2n) is 5.39. The molecule has 24 heavy (non-hydrogen) atoms. The summed E-state index contributed by atoms with van der Waals surface area (Å²) in [4.78, 5) is 25.5. The van der Waals surface area contributed by atoms with E-state index in [0.717, 1.165) is 16.9 Å². The molecule has 0 unspecified atom stereocenters. The molecule has 0 bridgehead atoms. The first kappa shape index (κ1) is 16.3. The SMILES string of the molecule is CCc1cc(C(=O)OCc2cc(=O)oc3cc(O)ccc23)sc1C. The van der Waals surface area contributed by atoms with Gasteiger partial charge in [-0.1, -0.05) is 6.92 Å². The molecule has 2 aromatic heterocycles. The Morgan fingerprint density at radius 2 is 2.04 bits per heavy atom. The van der Waals surface area contributed by atoms with Crippen molar-refractivity contribution in [1.82, 2.24) is 0 Å². The molecule has 0 aliphatic carbocycles. The second-order valence-corrected chi connectivity index (χ2v) is 6.65. The van der Waals surface area contributed by atoms with Crippen LogP contribution in [0.15, 0.2) is 39.5 Å². The van der Waals surface area contributed by atoms with Crippen LogP contribution >= 0.6 is 11.3 Å². The largest absolute Gasteiger partial charge is 0.508 e. The van der Waals surface area contributed by atoms with Crippen molar-refractivity contribution in [3.8, 4) is 5.75 Å². The van der Waals surface area contributed by atoms with Crippen molar-refractivity contribution in [2.75, 3.05) is 0 Å². The van der Waals surface area contributed by atoms with Crippen molar-refractivity contribution >= 4 is 28.3 Å². The number of aryl methyl sites for hydroxylation is 2. The van der Waals surface area contributed by atoms with Crippen LogP contribution in [0.5, 0.6) is 5.75 Å². The lowest BCUT2D eigenvalue weighted by Crippen LogP contribution is -2.06. The number of benzene rings is 1. The topological polar surface area (TPSA) is 76.7 Å². The zero-order valence-corrected chi connectivity index (χ0v) is 14.1. The zero-order chi connectivity index (χ0) is 17.3. The van der Waals surface area contributed by atoms with E-state index in [1.807, 2.05) is 19.9 Å². The third-order valence-corrected chi connectivity index (χ3v) is 4.85. The molecule has 2 heterocycles. The monoisotopic (exact) mass is 344 g/mol. The molecule has 0 aliphatic rings. The van der Waals surface area contributed by atoms with Crippen molar-refractivity contribution < 1.29 is 19.1 Å². The maximum Gasteiger partial charge on any atom is 0.348 e. The average Bonchev–Trinajstić information content (AvgIpc) is 2.92. The number of hydrogen-bond donors (Lipinski definition) is 1. The number of aromatic hydroxyl groups is 1. The molecular weight excluding hydrogens is 328 g/mol. The number of carbonyl (C=O) groups is 1. The number of phenolic OH excluding ortho intramolecular Hbond substituents is 1. The molecule has 0 atom stereocenters. The van der Waals surface area contributed by atoms with Gasteiger partial charge in [0.05, 0.1) is 0 Å². The van der Waals surface area contributed by atoms with Crippen LogP contribution in [0.1, 0.15) is 32.6 Å². The number of rotatable bonds is 4. The summed E-state index contributed by atoms with van der Waals surface area (Å²) in [6.45, 7) is 3.97. The van der Waals surface area contributed by atoms with Crippen LogP contribution < -0.4 is 5.63 Å². The van der Waals surface area contributed by atoms with E-state index >= 15 is 0 Å². The van der Waals surface area contributed by atoms with Gasteiger partial charge in [-0.25, -0.2) is 9.59 Å². The smallest absolute Gasteiger partial charge is 0.348 e. The Labute approximate surface area is 142 Å². The van der Waals surface area contributed by atoms with E-state index in [9.17, 15) is 14.7 Å². The van der Waals surface area contributed by atoms with Crippen molar-refractivity contribution in [3.05, 3.63) is 61.6 Å². The Balaban J connectivity index is 1.85. The van der Waals surface area contributed by atoms with Gasteiger partial charge >= 0.3 is 11.6 Å². The van der Waals surface area contributed by atoms with Gasteiger partial charge in [0.25, 0.3) is 0 Å². The number of thiophene rings is 1. The maximum absolute atomic E-state index is 12.2. The van der Waals surface area contributed by atoms with Gasteiger partial charge in [0.2, 0.25) is 0 Å². The fourth-order valence-electron chi connectivity index (χ4n) is 2.52. The average molecular weight is 344 g/mol. The minimum Gasteiger partial charge on any atom is -0.508 e. The van der Waals surface area contributed by atoms with Crippen LogP contribution in [-0.2, 0) is 17.8 Å². The number of carbonyl (C=O) groups excluding carboxylic acids is 1. The summed E-state index contributed by atoms with van der Waals surface area (Å²) in [6, 6.07) is 7.62. The molecular formula is C18H16O5S. The van der Waals surface area contributed by atoms with Crippen LogP contribution in [-0.4, -0.2) is 11.1 Å². The molecule has 1 aromatic carbocycles. The van der Waals surface area contributed by atoms with E-state index in [0.29, 0.717) is 15.8 Å². The number of esters is 1. The Bertz CT molecular complexity index is 967. The Morgan fingerprint density at radius 1 is 1.25 bits per heavy atom. The van der Waals surface area contributed by atoms with E-state index in [4.69, 9.17) is 9.15 Å². The predicted octanol–water partition coefficient (Wildman–Crippen LogP) is 3.79. The normalized spacial score (nSPS) is 10.9. The molecule has 124 valence electrons. The Hall–Kier alpha value is -2.60. The second kappa shape index (κ2) is 6.49. The summed E-state index contributed by atoms with van der Waals surface area (Å²) in [7, 11) is 0. The van der Waals surface area contributed by atoms with E-state index in [1.54, 1.807) is 6.07 Å². The number of ether oxygens (including phenoxy) is 1. The molecule has 1 N–H and O–H groups in total. The van der Waals surface area contributed by atoms with Gasteiger partial charge in [-0.3, -0.25) is 0 Å². The molecule has 0 radical (unpaired) electrons. The number of phenols is 1. The van der Waals surface area contributed by atoms with E-state index in [1.165, 1.54) is 29.5 Å². The van der Waals surface area contributed by atoms with Crippen molar-refractivity contribution in [3.63, 3.8) is 0 Å². The van der Waals surface area contributed by atoms with Crippen LogP contribution in [0.25, 0.3) is 11.0 Å². The van der Waals surface area contributed by atoms with Crippen LogP contribution in [0, 0.1) is 6.92 Å². The van der Waals surface area contributed by atoms with Gasteiger partial charge in [-0.05, 0) is 37.1 Å². The molecule has 3 aromatic rings. The molecule has 0 fully saturated rings. The third-order valence-electron chi connectivity index (χ3n) is 3.78. The van der Waals surface area contributed by atoms with Crippen molar-refractivity contribution in [1.29, 1.82) is 0 Å². The van der Waals surface area contributed by atoms with Gasteiger partial charge < -0.3 is 14.3 Å². The molecule has 0 aliphatic heterocycles. The van der Waals surface area contributed by atoms with Crippen molar-refractivity contribution in [2.45, 2.75) is 26.9 Å². The maximum atomic E-state index is 12.2. The standard InChI is InChI=1S/C18H16O5S/c1-3-11-6-16(24-10(11)2)18(21)22-9-12-7-17(20)23-15-8-13(19)4-5-14(12)15/h4-8,19H,3,9H2,1-2H3. The lowest BCUT2D eigenvalue weighted by molar-refractivity contribution is 0.0479. The highest BCUT2D eigenvalue weighted by Crippen LogP contribution is 2.25.